The summed E-state index contributed by atoms with van der Waals surface area (Å²) >= 11 is 0. The first-order valence-corrected chi connectivity index (χ1v) is 6.70. The van der Waals surface area contributed by atoms with Gasteiger partial charge in [0.15, 0.2) is 0 Å². The van der Waals surface area contributed by atoms with E-state index in [1.54, 1.807) is 13.8 Å². The van der Waals surface area contributed by atoms with Crippen molar-refractivity contribution in [3.63, 3.8) is 0 Å². The van der Waals surface area contributed by atoms with Crippen LogP contribution in [0.15, 0.2) is 36.7 Å². The second-order valence-corrected chi connectivity index (χ2v) is 5.65. The summed E-state index contributed by atoms with van der Waals surface area (Å²) in [7, 11) is -1.01. The zero-order chi connectivity index (χ0) is 11.3. The fraction of sp³-hybridized carbons (Fsp3) is 0.273. The van der Waals surface area contributed by atoms with Crippen LogP contribution in [0.3, 0.4) is 0 Å². The molecule has 0 aliphatic carbocycles. The van der Waals surface area contributed by atoms with Gasteiger partial charge in [0, 0.05) is 6.66 Å². The SMILES string of the molecule is C=CP(C)(=O)OCc1ccc(OC)cc1. The van der Waals surface area contributed by atoms with E-state index in [9.17, 15) is 4.57 Å². The fourth-order valence-electron chi connectivity index (χ4n) is 0.977. The van der Waals surface area contributed by atoms with Crippen LogP contribution in [-0.4, -0.2) is 13.8 Å². The van der Waals surface area contributed by atoms with Crippen molar-refractivity contribution in [3.05, 3.63) is 42.2 Å². The van der Waals surface area contributed by atoms with Crippen LogP contribution in [-0.2, 0) is 15.7 Å². The molecule has 3 nitrogen and oxygen atoms in total. The normalized spacial score (nSPS) is 14.3. The fourth-order valence-corrected chi connectivity index (χ4v) is 1.49. The van der Waals surface area contributed by atoms with Crippen molar-refractivity contribution in [3.8, 4) is 5.75 Å². The molecule has 1 aromatic carbocycles. The van der Waals surface area contributed by atoms with Gasteiger partial charge in [0.05, 0.1) is 13.7 Å². The lowest BCUT2D eigenvalue weighted by Gasteiger charge is -2.09. The Bertz CT molecular complexity index is 370. The Morgan fingerprint density at radius 2 is 2.00 bits per heavy atom. The summed E-state index contributed by atoms with van der Waals surface area (Å²) in [6.45, 7) is 5.33. The molecule has 0 spiro atoms. The van der Waals surface area contributed by atoms with Gasteiger partial charge in [-0.3, -0.25) is 4.57 Å². The average molecular weight is 226 g/mol. The van der Waals surface area contributed by atoms with Crippen molar-refractivity contribution >= 4 is 7.37 Å². The Kier molecular flexibility index (Phi) is 4.13. The van der Waals surface area contributed by atoms with Crippen molar-refractivity contribution < 1.29 is 13.8 Å². The van der Waals surface area contributed by atoms with Crippen LogP contribution >= 0.6 is 7.37 Å². The second kappa shape index (κ2) is 5.15. The molecule has 15 heavy (non-hydrogen) atoms. The van der Waals surface area contributed by atoms with Crippen molar-refractivity contribution in [1.82, 2.24) is 0 Å². The molecule has 0 amide bonds. The Morgan fingerprint density at radius 1 is 1.40 bits per heavy atom. The molecule has 1 rings (SSSR count). The molecule has 0 saturated carbocycles. The first-order valence-electron chi connectivity index (χ1n) is 4.55. The van der Waals surface area contributed by atoms with Crippen LogP contribution in [0.25, 0.3) is 0 Å². The van der Waals surface area contributed by atoms with Gasteiger partial charge in [-0.05, 0) is 23.5 Å². The minimum absolute atomic E-state index is 0.323. The van der Waals surface area contributed by atoms with Gasteiger partial charge in [-0.25, -0.2) is 0 Å². The largest absolute Gasteiger partial charge is 0.497 e. The van der Waals surface area contributed by atoms with E-state index < -0.39 is 7.37 Å². The van der Waals surface area contributed by atoms with Crippen LogP contribution in [0, 0.1) is 0 Å². The molecule has 4 heteroatoms. The zero-order valence-corrected chi connectivity index (χ0v) is 9.87. The van der Waals surface area contributed by atoms with E-state index >= 15 is 0 Å². The molecule has 82 valence electrons. The van der Waals surface area contributed by atoms with Crippen molar-refractivity contribution in [1.29, 1.82) is 0 Å². The van der Waals surface area contributed by atoms with E-state index in [0.29, 0.717) is 6.61 Å². The van der Waals surface area contributed by atoms with Gasteiger partial charge in [-0.1, -0.05) is 18.7 Å². The van der Waals surface area contributed by atoms with E-state index in [4.69, 9.17) is 9.26 Å². The monoisotopic (exact) mass is 226 g/mol. The quantitative estimate of drug-likeness (QED) is 0.723. The minimum Gasteiger partial charge on any atom is -0.497 e. The third-order valence-corrected chi connectivity index (χ3v) is 3.28. The van der Waals surface area contributed by atoms with E-state index in [2.05, 4.69) is 6.58 Å². The van der Waals surface area contributed by atoms with Gasteiger partial charge in [0.2, 0.25) is 7.37 Å². The highest BCUT2D eigenvalue weighted by Gasteiger charge is 2.09. The minimum atomic E-state index is -2.63. The molecule has 1 atom stereocenters. The lowest BCUT2D eigenvalue weighted by molar-refractivity contribution is 0.312. The number of ether oxygens (including phenoxy) is 1. The maximum Gasteiger partial charge on any atom is 0.221 e. The van der Waals surface area contributed by atoms with Gasteiger partial charge in [-0.2, -0.15) is 0 Å². The second-order valence-electron chi connectivity index (χ2n) is 3.21. The highest BCUT2D eigenvalue weighted by Crippen LogP contribution is 2.44. The molecule has 0 heterocycles. The summed E-state index contributed by atoms with van der Waals surface area (Å²) in [5.41, 5.74) is 0.958. The van der Waals surface area contributed by atoms with Crippen LogP contribution in [0.2, 0.25) is 0 Å². The van der Waals surface area contributed by atoms with Gasteiger partial charge in [0.25, 0.3) is 0 Å². The standard InChI is InChI=1S/C11H15O3P/c1-4-15(3,12)14-9-10-5-7-11(13-2)8-6-10/h4-8H,1,9H2,2-3H3. The number of rotatable bonds is 5. The highest BCUT2D eigenvalue weighted by atomic mass is 31.2. The molecule has 0 aromatic heterocycles. The van der Waals surface area contributed by atoms with Gasteiger partial charge in [-0.15, -0.1) is 0 Å². The number of methoxy groups -OCH3 is 1. The molecule has 0 N–H and O–H groups in total. The van der Waals surface area contributed by atoms with Gasteiger partial charge < -0.3 is 9.26 Å². The smallest absolute Gasteiger partial charge is 0.221 e. The third kappa shape index (κ3) is 3.90. The highest BCUT2D eigenvalue weighted by molar-refractivity contribution is 7.61. The summed E-state index contributed by atoms with van der Waals surface area (Å²) in [6.07, 6.45) is 0. The topological polar surface area (TPSA) is 35.5 Å². The first kappa shape index (κ1) is 12.0. The summed E-state index contributed by atoms with van der Waals surface area (Å²) < 4.78 is 21.8. The Morgan fingerprint density at radius 3 is 2.47 bits per heavy atom. The molecule has 0 bridgehead atoms. The number of hydrogen-bond acceptors (Lipinski definition) is 3. The maximum atomic E-state index is 11.5. The summed E-state index contributed by atoms with van der Waals surface area (Å²) in [4.78, 5) is 0. The molecule has 1 unspecified atom stereocenters. The number of benzene rings is 1. The molecule has 0 aliphatic rings. The predicted octanol–water partition coefficient (Wildman–Crippen LogP) is 3.26. The van der Waals surface area contributed by atoms with E-state index in [1.165, 1.54) is 5.82 Å². The molecule has 0 aliphatic heterocycles. The van der Waals surface area contributed by atoms with E-state index in [1.807, 2.05) is 24.3 Å². The Labute approximate surface area is 90.2 Å². The van der Waals surface area contributed by atoms with Crippen LogP contribution in [0.5, 0.6) is 5.75 Å². The van der Waals surface area contributed by atoms with E-state index in [-0.39, 0.29) is 0 Å². The summed E-state index contributed by atoms with van der Waals surface area (Å²) in [5, 5.41) is 0. The first-order chi connectivity index (χ1) is 7.07. The van der Waals surface area contributed by atoms with Crippen molar-refractivity contribution in [2.45, 2.75) is 6.61 Å². The zero-order valence-electron chi connectivity index (χ0n) is 8.97. The third-order valence-electron chi connectivity index (χ3n) is 1.98. The lowest BCUT2D eigenvalue weighted by atomic mass is 10.2. The average Bonchev–Trinajstić information content (AvgIpc) is 2.27. The maximum absolute atomic E-state index is 11.5. The van der Waals surface area contributed by atoms with Gasteiger partial charge >= 0.3 is 0 Å². The molecular formula is C11H15O3P. The number of hydrogen-bond donors (Lipinski definition) is 0. The lowest BCUT2D eigenvalue weighted by Crippen LogP contribution is -1.90. The molecule has 0 radical (unpaired) electrons. The molecule has 0 saturated heterocycles. The predicted molar refractivity (Wildman–Crippen MR) is 61.5 cm³/mol. The van der Waals surface area contributed by atoms with Crippen LogP contribution in [0.1, 0.15) is 5.56 Å². The molecular weight excluding hydrogens is 211 g/mol. The Hall–Kier alpha value is -1.05. The van der Waals surface area contributed by atoms with Crippen LogP contribution < -0.4 is 4.74 Å². The molecule has 1 aromatic rings. The Balaban J connectivity index is 2.58. The van der Waals surface area contributed by atoms with E-state index in [0.717, 1.165) is 11.3 Å². The molecule has 0 fully saturated rings. The van der Waals surface area contributed by atoms with Crippen LogP contribution in [0.4, 0.5) is 0 Å². The van der Waals surface area contributed by atoms with Crippen molar-refractivity contribution in [2.75, 3.05) is 13.8 Å². The summed E-state index contributed by atoms with van der Waals surface area (Å²) in [5.74, 6) is 2.15. The van der Waals surface area contributed by atoms with Crippen molar-refractivity contribution in [2.24, 2.45) is 0 Å². The summed E-state index contributed by atoms with van der Waals surface area (Å²) in [6, 6.07) is 7.43. The van der Waals surface area contributed by atoms with Gasteiger partial charge in [0.1, 0.15) is 5.75 Å².